The van der Waals surface area contributed by atoms with Gasteiger partial charge in [-0.3, -0.25) is 4.79 Å². The highest BCUT2D eigenvalue weighted by Crippen LogP contribution is 2.15. The molecular weight excluding hydrogens is 299 g/mol. The van der Waals surface area contributed by atoms with Crippen molar-refractivity contribution in [2.24, 2.45) is 0 Å². The zero-order valence-electron chi connectivity index (χ0n) is 11.3. The van der Waals surface area contributed by atoms with E-state index < -0.39 is 33.2 Å². The molecule has 0 saturated heterocycles. The van der Waals surface area contributed by atoms with Gasteiger partial charge in [0.15, 0.2) is 0 Å². The summed E-state index contributed by atoms with van der Waals surface area (Å²) in [4.78, 5) is 10.4. The van der Waals surface area contributed by atoms with Crippen LogP contribution in [0.3, 0.4) is 0 Å². The standard InChI is InChI=1S/C13H15FN2O4S/c1-15-13(18)9-16-21(19,20)12-6-5-10(8-11(12)14)4-2-3-7-17/h5-6,8,16-17H,3,7,9H2,1H3,(H,15,18). The Balaban J connectivity index is 2.94. The zero-order chi connectivity index (χ0) is 15.9. The molecule has 1 aromatic rings. The van der Waals surface area contributed by atoms with Crippen LogP contribution in [0.5, 0.6) is 0 Å². The Morgan fingerprint density at radius 2 is 2.14 bits per heavy atom. The first kappa shape index (κ1) is 17.1. The number of hydrogen-bond acceptors (Lipinski definition) is 4. The summed E-state index contributed by atoms with van der Waals surface area (Å²) in [6.45, 7) is -0.582. The fourth-order valence-electron chi connectivity index (χ4n) is 1.34. The van der Waals surface area contributed by atoms with Gasteiger partial charge in [-0.1, -0.05) is 11.8 Å². The van der Waals surface area contributed by atoms with Gasteiger partial charge in [-0.15, -0.1) is 0 Å². The van der Waals surface area contributed by atoms with Crippen molar-refractivity contribution in [3.05, 3.63) is 29.6 Å². The smallest absolute Gasteiger partial charge is 0.243 e. The first-order valence-electron chi connectivity index (χ1n) is 6.00. The monoisotopic (exact) mass is 314 g/mol. The Kier molecular flexibility index (Phi) is 6.30. The summed E-state index contributed by atoms with van der Waals surface area (Å²) in [6, 6.07) is 3.41. The number of hydrogen-bond donors (Lipinski definition) is 3. The van der Waals surface area contributed by atoms with Gasteiger partial charge in [0.1, 0.15) is 10.7 Å². The fourth-order valence-corrected chi connectivity index (χ4v) is 2.38. The van der Waals surface area contributed by atoms with Crippen molar-refractivity contribution in [1.29, 1.82) is 0 Å². The summed E-state index contributed by atoms with van der Waals surface area (Å²) in [7, 11) is -2.75. The van der Waals surface area contributed by atoms with Crippen LogP contribution in [0.4, 0.5) is 4.39 Å². The topological polar surface area (TPSA) is 95.5 Å². The number of nitrogens with one attached hydrogen (secondary N) is 2. The van der Waals surface area contributed by atoms with Gasteiger partial charge in [-0.2, -0.15) is 0 Å². The van der Waals surface area contributed by atoms with E-state index in [-0.39, 0.29) is 13.0 Å². The van der Waals surface area contributed by atoms with Gasteiger partial charge < -0.3 is 10.4 Å². The van der Waals surface area contributed by atoms with Crippen molar-refractivity contribution in [2.45, 2.75) is 11.3 Å². The van der Waals surface area contributed by atoms with Gasteiger partial charge in [0.25, 0.3) is 0 Å². The van der Waals surface area contributed by atoms with E-state index >= 15 is 0 Å². The summed E-state index contributed by atoms with van der Waals surface area (Å²) in [5, 5.41) is 10.8. The molecule has 0 unspecified atom stereocenters. The van der Waals surface area contributed by atoms with Crippen LogP contribution in [0.25, 0.3) is 0 Å². The summed E-state index contributed by atoms with van der Waals surface area (Å²) in [5.74, 6) is 3.70. The Hall–Kier alpha value is -1.95. The van der Waals surface area contributed by atoms with Gasteiger partial charge in [0.05, 0.1) is 13.2 Å². The SMILES string of the molecule is CNC(=O)CNS(=O)(=O)c1ccc(C#CCCO)cc1F. The Bertz CT molecular complexity index is 677. The second-order valence-corrected chi connectivity index (χ2v) is 5.65. The number of rotatable bonds is 5. The maximum atomic E-state index is 13.8. The van der Waals surface area contributed by atoms with E-state index in [9.17, 15) is 17.6 Å². The lowest BCUT2D eigenvalue weighted by atomic mass is 10.2. The first-order chi connectivity index (χ1) is 9.90. The zero-order valence-corrected chi connectivity index (χ0v) is 12.1. The average molecular weight is 314 g/mol. The predicted molar refractivity (Wildman–Crippen MR) is 74.2 cm³/mol. The lowest BCUT2D eigenvalue weighted by Gasteiger charge is -2.07. The molecule has 114 valence electrons. The van der Waals surface area contributed by atoms with Crippen LogP contribution in [0, 0.1) is 17.7 Å². The third-order valence-corrected chi connectivity index (χ3v) is 3.83. The highest BCUT2D eigenvalue weighted by Gasteiger charge is 2.19. The highest BCUT2D eigenvalue weighted by atomic mass is 32.2. The van der Waals surface area contributed by atoms with E-state index in [1.165, 1.54) is 13.1 Å². The number of carbonyl (C=O) groups is 1. The molecule has 0 aliphatic heterocycles. The molecule has 0 bridgehead atoms. The molecular formula is C13H15FN2O4S. The molecule has 0 fully saturated rings. The summed E-state index contributed by atoms with van der Waals surface area (Å²) >= 11 is 0. The number of halogens is 1. The van der Waals surface area contributed by atoms with Crippen molar-refractivity contribution in [3.8, 4) is 11.8 Å². The number of carbonyl (C=O) groups excluding carboxylic acids is 1. The van der Waals surface area contributed by atoms with Crippen LogP contribution in [-0.2, 0) is 14.8 Å². The molecule has 1 aromatic carbocycles. The van der Waals surface area contributed by atoms with Crippen molar-refractivity contribution < 1.29 is 22.7 Å². The van der Waals surface area contributed by atoms with Crippen molar-refractivity contribution >= 4 is 15.9 Å². The number of sulfonamides is 1. The van der Waals surface area contributed by atoms with Gasteiger partial charge in [-0.05, 0) is 18.2 Å². The number of benzene rings is 1. The molecule has 0 radical (unpaired) electrons. The molecule has 3 N–H and O–H groups in total. The third kappa shape index (κ3) is 5.15. The maximum absolute atomic E-state index is 13.8. The largest absolute Gasteiger partial charge is 0.395 e. The minimum absolute atomic E-state index is 0.106. The number of likely N-dealkylation sites (N-methyl/N-ethyl adjacent to an activating group) is 1. The molecule has 0 aliphatic rings. The summed E-state index contributed by atoms with van der Waals surface area (Å²) in [6.07, 6.45) is 0.245. The van der Waals surface area contributed by atoms with E-state index in [1.54, 1.807) is 0 Å². The molecule has 0 spiro atoms. The Labute approximate surface area is 122 Å². The average Bonchev–Trinajstić information content (AvgIpc) is 2.45. The van der Waals surface area contributed by atoms with Gasteiger partial charge >= 0.3 is 0 Å². The highest BCUT2D eigenvalue weighted by molar-refractivity contribution is 7.89. The number of aliphatic hydroxyl groups excluding tert-OH is 1. The molecule has 0 heterocycles. The van der Waals surface area contributed by atoms with Crippen molar-refractivity contribution in [2.75, 3.05) is 20.2 Å². The lowest BCUT2D eigenvalue weighted by Crippen LogP contribution is -2.35. The van der Waals surface area contributed by atoms with Crippen LogP contribution in [0.15, 0.2) is 23.1 Å². The summed E-state index contributed by atoms with van der Waals surface area (Å²) < 4.78 is 39.5. The quantitative estimate of drug-likeness (QED) is 0.644. The van der Waals surface area contributed by atoms with Gasteiger partial charge in [0, 0.05) is 19.0 Å². The lowest BCUT2D eigenvalue weighted by molar-refractivity contribution is -0.119. The maximum Gasteiger partial charge on any atom is 0.243 e. The molecule has 6 nitrogen and oxygen atoms in total. The number of amides is 1. The molecule has 1 amide bonds. The Morgan fingerprint density at radius 3 is 2.71 bits per heavy atom. The van der Waals surface area contributed by atoms with Crippen molar-refractivity contribution in [3.63, 3.8) is 0 Å². The first-order valence-corrected chi connectivity index (χ1v) is 7.48. The van der Waals surface area contributed by atoms with Crippen molar-refractivity contribution in [1.82, 2.24) is 10.0 Å². The van der Waals surface area contributed by atoms with E-state index in [1.807, 2.05) is 4.72 Å². The van der Waals surface area contributed by atoms with E-state index in [4.69, 9.17) is 5.11 Å². The van der Waals surface area contributed by atoms with E-state index in [0.717, 1.165) is 12.1 Å². The third-order valence-electron chi connectivity index (χ3n) is 2.39. The van der Waals surface area contributed by atoms with Crippen LogP contribution in [-0.4, -0.2) is 39.6 Å². The molecule has 0 saturated carbocycles. The van der Waals surface area contributed by atoms with Crippen LogP contribution in [0.2, 0.25) is 0 Å². The second kappa shape index (κ2) is 7.73. The Morgan fingerprint density at radius 1 is 1.43 bits per heavy atom. The van der Waals surface area contributed by atoms with E-state index in [0.29, 0.717) is 5.56 Å². The van der Waals surface area contributed by atoms with Gasteiger partial charge in [0.2, 0.25) is 15.9 Å². The second-order valence-electron chi connectivity index (χ2n) is 3.92. The molecule has 8 heteroatoms. The molecule has 0 aliphatic carbocycles. The van der Waals surface area contributed by atoms with Crippen LogP contribution >= 0.6 is 0 Å². The predicted octanol–water partition coefficient (Wildman–Crippen LogP) is -0.416. The number of aliphatic hydroxyl groups is 1. The minimum Gasteiger partial charge on any atom is -0.395 e. The van der Waals surface area contributed by atoms with Crippen LogP contribution < -0.4 is 10.0 Å². The molecule has 0 aromatic heterocycles. The minimum atomic E-state index is -4.11. The molecule has 0 atom stereocenters. The molecule has 1 rings (SSSR count). The molecule has 21 heavy (non-hydrogen) atoms. The van der Waals surface area contributed by atoms with E-state index in [2.05, 4.69) is 17.2 Å². The fraction of sp³-hybridized carbons (Fsp3) is 0.308. The van der Waals surface area contributed by atoms with Crippen LogP contribution in [0.1, 0.15) is 12.0 Å². The normalized spacial score (nSPS) is 10.6. The summed E-state index contributed by atoms with van der Waals surface area (Å²) in [5.41, 5.74) is 0.297. The van der Waals surface area contributed by atoms with Gasteiger partial charge in [-0.25, -0.2) is 17.5 Å².